The van der Waals surface area contributed by atoms with Crippen LogP contribution in [0.1, 0.15) is 0 Å². The van der Waals surface area contributed by atoms with Crippen molar-refractivity contribution < 1.29 is 22.5 Å². The van der Waals surface area contributed by atoms with Crippen LogP contribution in [0.4, 0.5) is 0 Å². The summed E-state index contributed by atoms with van der Waals surface area (Å²) in [4.78, 5) is 8.98. The summed E-state index contributed by atoms with van der Waals surface area (Å²) in [5.74, 6) is -1.61. The number of carbonyl (C=O) groups is 1. The molecule has 0 aliphatic heterocycles. The zero-order chi connectivity index (χ0) is 8.36. The van der Waals surface area contributed by atoms with Gasteiger partial charge in [0.25, 0.3) is 0 Å². The van der Waals surface area contributed by atoms with Gasteiger partial charge in [-0.05, 0) is 0 Å². The number of aliphatic carboxylic acids is 1. The molecule has 0 atom stereocenters. The fourth-order valence-electron chi connectivity index (χ4n) is 0.208. The highest BCUT2D eigenvalue weighted by molar-refractivity contribution is 7.91. The molecular formula is C4H6O5S. The SMILES string of the molecule is C=C(C(=O)O)S(=O)(=O)OC. The molecule has 1 N–H and O–H groups in total. The Labute approximate surface area is 58.0 Å². The molecule has 0 aromatic heterocycles. The second kappa shape index (κ2) is 2.80. The van der Waals surface area contributed by atoms with Crippen molar-refractivity contribution in [2.75, 3.05) is 7.11 Å². The second-order valence-corrected chi connectivity index (χ2v) is 3.08. The van der Waals surface area contributed by atoms with E-state index >= 15 is 0 Å². The van der Waals surface area contributed by atoms with Gasteiger partial charge in [-0.15, -0.1) is 0 Å². The first-order chi connectivity index (χ1) is 4.41. The summed E-state index contributed by atoms with van der Waals surface area (Å²) in [6, 6.07) is 0. The Hall–Kier alpha value is -0.880. The first-order valence-electron chi connectivity index (χ1n) is 2.14. The predicted molar refractivity (Wildman–Crippen MR) is 32.7 cm³/mol. The van der Waals surface area contributed by atoms with Crippen LogP contribution >= 0.6 is 0 Å². The summed E-state index contributed by atoms with van der Waals surface area (Å²) < 4.78 is 24.7. The number of carboxylic acids is 1. The summed E-state index contributed by atoms with van der Waals surface area (Å²) in [5, 5.41) is 8.09. The summed E-state index contributed by atoms with van der Waals surface area (Å²) in [6.07, 6.45) is 0. The first kappa shape index (κ1) is 9.12. The smallest absolute Gasteiger partial charge is 0.349 e. The second-order valence-electron chi connectivity index (χ2n) is 1.35. The molecule has 0 aromatic carbocycles. The van der Waals surface area contributed by atoms with Gasteiger partial charge in [-0.1, -0.05) is 6.58 Å². The quantitative estimate of drug-likeness (QED) is 0.454. The minimum absolute atomic E-state index is 0.865. The monoisotopic (exact) mass is 166 g/mol. The molecule has 0 aliphatic rings. The van der Waals surface area contributed by atoms with Crippen LogP contribution in [-0.2, 0) is 19.1 Å². The van der Waals surface area contributed by atoms with E-state index in [-0.39, 0.29) is 0 Å². The summed E-state index contributed by atoms with van der Waals surface area (Å²) in [5.41, 5.74) is 0. The van der Waals surface area contributed by atoms with Crippen LogP contribution in [0.2, 0.25) is 0 Å². The van der Waals surface area contributed by atoms with Crippen molar-refractivity contribution in [1.82, 2.24) is 0 Å². The topological polar surface area (TPSA) is 80.7 Å². The fraction of sp³-hybridized carbons (Fsp3) is 0.250. The molecule has 10 heavy (non-hydrogen) atoms. The van der Waals surface area contributed by atoms with Gasteiger partial charge in [0.2, 0.25) is 0 Å². The molecule has 0 saturated carbocycles. The van der Waals surface area contributed by atoms with Crippen LogP contribution in [-0.4, -0.2) is 26.6 Å². The number of hydrogen-bond donors (Lipinski definition) is 1. The van der Waals surface area contributed by atoms with E-state index in [4.69, 9.17) is 5.11 Å². The van der Waals surface area contributed by atoms with E-state index < -0.39 is 21.0 Å². The summed E-state index contributed by atoms with van der Waals surface area (Å²) >= 11 is 0. The highest BCUT2D eigenvalue weighted by atomic mass is 32.2. The van der Waals surface area contributed by atoms with Gasteiger partial charge in [0.15, 0.2) is 4.91 Å². The highest BCUT2D eigenvalue weighted by Crippen LogP contribution is 2.03. The Morgan fingerprint density at radius 1 is 1.60 bits per heavy atom. The molecule has 0 fully saturated rings. The summed E-state index contributed by atoms with van der Waals surface area (Å²) in [6.45, 7) is 2.78. The molecule has 58 valence electrons. The van der Waals surface area contributed by atoms with Gasteiger partial charge in [-0.3, -0.25) is 4.18 Å². The molecule has 0 saturated heterocycles. The van der Waals surface area contributed by atoms with E-state index in [0.717, 1.165) is 7.11 Å². The zero-order valence-corrected chi connectivity index (χ0v) is 6.01. The third-order valence-corrected chi connectivity index (χ3v) is 1.98. The summed E-state index contributed by atoms with van der Waals surface area (Å²) in [7, 11) is -3.23. The van der Waals surface area contributed by atoms with Gasteiger partial charge in [0, 0.05) is 0 Å². The Kier molecular flexibility index (Phi) is 2.56. The van der Waals surface area contributed by atoms with E-state index in [1.165, 1.54) is 0 Å². The molecule has 5 nitrogen and oxygen atoms in total. The molecule has 0 amide bonds. The van der Waals surface area contributed by atoms with E-state index in [1.54, 1.807) is 0 Å². The van der Waals surface area contributed by atoms with Crippen molar-refractivity contribution in [2.45, 2.75) is 0 Å². The molecule has 6 heteroatoms. The molecular weight excluding hydrogens is 160 g/mol. The highest BCUT2D eigenvalue weighted by Gasteiger charge is 2.20. The number of carboxylic acid groups (broad SMARTS) is 1. The van der Waals surface area contributed by atoms with Crippen LogP contribution in [0.3, 0.4) is 0 Å². The van der Waals surface area contributed by atoms with Gasteiger partial charge < -0.3 is 5.11 Å². The average molecular weight is 166 g/mol. The molecule has 0 aliphatic carbocycles. The molecule has 0 rings (SSSR count). The van der Waals surface area contributed by atoms with Crippen LogP contribution in [0, 0.1) is 0 Å². The lowest BCUT2D eigenvalue weighted by Gasteiger charge is -1.97. The van der Waals surface area contributed by atoms with Gasteiger partial charge in [0.05, 0.1) is 7.11 Å². The minimum Gasteiger partial charge on any atom is -0.477 e. The Morgan fingerprint density at radius 2 is 2.00 bits per heavy atom. The molecule has 0 radical (unpaired) electrons. The van der Waals surface area contributed by atoms with Crippen molar-refractivity contribution in [3.8, 4) is 0 Å². The van der Waals surface area contributed by atoms with Crippen molar-refractivity contribution >= 4 is 16.1 Å². The fourth-order valence-corrected chi connectivity index (χ4v) is 0.623. The Balaban J connectivity index is 4.70. The maximum atomic E-state index is 10.4. The number of rotatable bonds is 3. The Morgan fingerprint density at radius 3 is 2.10 bits per heavy atom. The van der Waals surface area contributed by atoms with Crippen LogP contribution in [0.5, 0.6) is 0 Å². The van der Waals surface area contributed by atoms with Crippen LogP contribution in [0.15, 0.2) is 11.5 Å². The van der Waals surface area contributed by atoms with Gasteiger partial charge >= 0.3 is 16.1 Å². The standard InChI is InChI=1S/C4H6O5S/c1-3(4(5)6)10(7,8)9-2/h1H2,2H3,(H,5,6). The predicted octanol–water partition coefficient (Wildman–Crippen LogP) is -0.439. The zero-order valence-electron chi connectivity index (χ0n) is 5.20. The van der Waals surface area contributed by atoms with Crippen molar-refractivity contribution in [2.24, 2.45) is 0 Å². The normalized spacial score (nSPS) is 10.9. The molecule has 0 spiro atoms. The van der Waals surface area contributed by atoms with Crippen molar-refractivity contribution in [3.05, 3.63) is 11.5 Å². The lowest BCUT2D eigenvalue weighted by molar-refractivity contribution is -0.131. The van der Waals surface area contributed by atoms with E-state index in [0.29, 0.717) is 0 Å². The van der Waals surface area contributed by atoms with Crippen molar-refractivity contribution in [1.29, 1.82) is 0 Å². The Bertz CT molecular complexity index is 249. The van der Waals surface area contributed by atoms with E-state index in [1.807, 2.05) is 0 Å². The van der Waals surface area contributed by atoms with Crippen molar-refractivity contribution in [3.63, 3.8) is 0 Å². The third kappa shape index (κ3) is 1.82. The van der Waals surface area contributed by atoms with Gasteiger partial charge in [-0.25, -0.2) is 4.79 Å². The van der Waals surface area contributed by atoms with Crippen LogP contribution < -0.4 is 0 Å². The molecule has 0 heterocycles. The van der Waals surface area contributed by atoms with Gasteiger partial charge in [0.1, 0.15) is 0 Å². The van der Waals surface area contributed by atoms with Gasteiger partial charge in [-0.2, -0.15) is 8.42 Å². The number of hydrogen-bond acceptors (Lipinski definition) is 4. The average Bonchev–Trinajstić information content (AvgIpc) is 1.86. The lowest BCUT2D eigenvalue weighted by atomic mass is 10.7. The van der Waals surface area contributed by atoms with Crippen LogP contribution in [0.25, 0.3) is 0 Å². The largest absolute Gasteiger partial charge is 0.477 e. The molecule has 0 aromatic rings. The molecule has 0 bridgehead atoms. The van der Waals surface area contributed by atoms with E-state index in [2.05, 4.69) is 10.8 Å². The van der Waals surface area contributed by atoms with E-state index in [9.17, 15) is 13.2 Å². The first-order valence-corrected chi connectivity index (χ1v) is 3.55. The third-order valence-electron chi connectivity index (χ3n) is 0.760. The minimum atomic E-state index is -4.09. The maximum Gasteiger partial charge on any atom is 0.349 e. The lowest BCUT2D eigenvalue weighted by Crippen LogP contribution is -2.12. The molecule has 0 unspecified atom stereocenters. The maximum absolute atomic E-state index is 10.4.